The van der Waals surface area contributed by atoms with Gasteiger partial charge in [-0.3, -0.25) is 0 Å². The van der Waals surface area contributed by atoms with Gasteiger partial charge in [0.05, 0.1) is 4.90 Å². The fourth-order valence-electron chi connectivity index (χ4n) is 1.96. The number of hydrogen-bond donors (Lipinski definition) is 1. The highest BCUT2D eigenvalue weighted by Crippen LogP contribution is 2.24. The lowest BCUT2D eigenvalue weighted by Crippen LogP contribution is -2.23. The summed E-state index contributed by atoms with van der Waals surface area (Å²) in [6.45, 7) is 3.80. The molecule has 1 aliphatic rings. The van der Waals surface area contributed by atoms with Crippen molar-refractivity contribution in [2.24, 2.45) is 0 Å². The van der Waals surface area contributed by atoms with E-state index in [0.29, 0.717) is 0 Å². The molecule has 2 rings (SSSR count). The molecule has 0 radical (unpaired) electrons. The molecule has 0 spiro atoms. The third kappa shape index (κ3) is 2.73. The van der Waals surface area contributed by atoms with E-state index in [4.69, 9.17) is 0 Å². The molecule has 1 aromatic carbocycles. The van der Waals surface area contributed by atoms with Crippen molar-refractivity contribution in [3.63, 3.8) is 0 Å². The molecule has 0 atom stereocenters. The first kappa shape index (κ1) is 12.3. The second kappa shape index (κ2) is 4.58. The van der Waals surface area contributed by atoms with Crippen LogP contribution in [0.3, 0.4) is 0 Å². The summed E-state index contributed by atoms with van der Waals surface area (Å²) in [4.78, 5) is -0.289. The predicted octanol–water partition coefficient (Wildman–Crippen LogP) is 2.11. The summed E-state index contributed by atoms with van der Waals surface area (Å²) in [6, 6.07) is 5.91. The molecule has 3 nitrogen and oxygen atoms in total. The van der Waals surface area contributed by atoms with E-state index in [2.05, 4.69) is 12.2 Å². The van der Waals surface area contributed by atoms with Gasteiger partial charge in [0, 0.05) is 6.54 Å². The van der Waals surface area contributed by atoms with Crippen LogP contribution in [-0.2, 0) is 10.2 Å². The Hall–Kier alpha value is -1.20. The molecule has 0 bridgehead atoms. The normalized spacial score (nSPS) is 17.3. The zero-order valence-electron chi connectivity index (χ0n) is 9.53. The first-order valence-corrected chi connectivity index (χ1v) is 6.81. The largest absolute Gasteiger partial charge is 0.332 e. The minimum absolute atomic E-state index is 0.289. The van der Waals surface area contributed by atoms with E-state index >= 15 is 0 Å². The van der Waals surface area contributed by atoms with Gasteiger partial charge in [-0.25, -0.2) is 0 Å². The van der Waals surface area contributed by atoms with Gasteiger partial charge in [0.25, 0.3) is 0 Å². The summed E-state index contributed by atoms with van der Waals surface area (Å²) in [5.41, 5.74) is 3.40. The molecule has 0 saturated heterocycles. The second-order valence-corrected chi connectivity index (χ2v) is 5.49. The highest BCUT2D eigenvalue weighted by atomic mass is 32.3. The minimum atomic E-state index is -4.60. The van der Waals surface area contributed by atoms with E-state index < -0.39 is 10.2 Å². The van der Waals surface area contributed by atoms with Crippen LogP contribution in [0.5, 0.6) is 0 Å². The van der Waals surface area contributed by atoms with Crippen LogP contribution >= 0.6 is 0 Å². The van der Waals surface area contributed by atoms with Crippen molar-refractivity contribution in [1.82, 2.24) is 5.32 Å². The molecule has 92 valence electrons. The molecule has 0 amide bonds. The minimum Gasteiger partial charge on any atom is -0.312 e. The Kier molecular flexibility index (Phi) is 3.31. The molecule has 0 aromatic heterocycles. The molecule has 17 heavy (non-hydrogen) atoms. The fourth-order valence-corrected chi connectivity index (χ4v) is 2.42. The Morgan fingerprint density at radius 2 is 1.88 bits per heavy atom. The summed E-state index contributed by atoms with van der Waals surface area (Å²) in [7, 11) is -4.60. The molecule has 0 unspecified atom stereocenters. The quantitative estimate of drug-likeness (QED) is 0.823. The van der Waals surface area contributed by atoms with Crippen molar-refractivity contribution >= 4 is 15.8 Å². The van der Waals surface area contributed by atoms with Crippen molar-refractivity contribution in [1.29, 1.82) is 0 Å². The third-order valence-electron chi connectivity index (χ3n) is 2.98. The molecule has 1 N–H and O–H groups in total. The van der Waals surface area contributed by atoms with Crippen LogP contribution in [0.4, 0.5) is 3.89 Å². The van der Waals surface area contributed by atoms with Gasteiger partial charge in [-0.2, -0.15) is 8.42 Å². The Morgan fingerprint density at radius 3 is 2.41 bits per heavy atom. The number of hydrogen-bond acceptors (Lipinski definition) is 3. The van der Waals surface area contributed by atoms with Crippen molar-refractivity contribution in [3.8, 4) is 0 Å². The molecule has 0 fully saturated rings. The van der Waals surface area contributed by atoms with E-state index in [1.807, 2.05) is 0 Å². The number of benzene rings is 1. The van der Waals surface area contributed by atoms with Crippen molar-refractivity contribution in [2.45, 2.75) is 18.2 Å². The fraction of sp³-hybridized carbons (Fsp3) is 0.333. The molecule has 1 aromatic rings. The maximum absolute atomic E-state index is 12.7. The van der Waals surface area contributed by atoms with E-state index in [0.717, 1.165) is 25.1 Å². The molecule has 1 aliphatic heterocycles. The average Bonchev–Trinajstić information content (AvgIpc) is 2.29. The molecular weight excluding hydrogens is 241 g/mol. The highest BCUT2D eigenvalue weighted by Gasteiger charge is 2.14. The number of rotatable bonds is 2. The summed E-state index contributed by atoms with van der Waals surface area (Å²) < 4.78 is 34.1. The summed E-state index contributed by atoms with van der Waals surface area (Å²) >= 11 is 0. The van der Waals surface area contributed by atoms with Gasteiger partial charge in [0.1, 0.15) is 0 Å². The van der Waals surface area contributed by atoms with E-state index in [1.54, 1.807) is 12.1 Å². The smallest absolute Gasteiger partial charge is 0.312 e. The van der Waals surface area contributed by atoms with E-state index in [9.17, 15) is 12.3 Å². The Bertz CT molecular complexity index is 546. The maximum Gasteiger partial charge on any atom is 0.332 e. The summed E-state index contributed by atoms with van der Waals surface area (Å²) in [5.74, 6) is 0. The SMILES string of the molecule is CC1=C(c2ccc(S(=O)(=O)F)cc2)CNCC1. The Labute approximate surface area is 101 Å². The van der Waals surface area contributed by atoms with Gasteiger partial charge in [0.2, 0.25) is 0 Å². The van der Waals surface area contributed by atoms with Crippen LogP contribution in [0, 0.1) is 0 Å². The highest BCUT2D eigenvalue weighted by molar-refractivity contribution is 7.86. The molecule has 1 heterocycles. The second-order valence-electron chi connectivity index (χ2n) is 4.15. The monoisotopic (exact) mass is 255 g/mol. The lowest BCUT2D eigenvalue weighted by Gasteiger charge is -2.19. The molecule has 0 aliphatic carbocycles. The topological polar surface area (TPSA) is 46.2 Å². The van der Waals surface area contributed by atoms with Gasteiger partial charge in [-0.15, -0.1) is 3.89 Å². The van der Waals surface area contributed by atoms with Crippen LogP contribution < -0.4 is 5.32 Å². The average molecular weight is 255 g/mol. The molecular formula is C12H14FNO2S. The number of nitrogens with one attached hydrogen (secondary N) is 1. The molecule has 0 saturated carbocycles. The maximum atomic E-state index is 12.7. The standard InChI is InChI=1S/C12H14FNO2S/c1-9-6-7-14-8-12(9)10-2-4-11(5-3-10)17(13,15)16/h2-5,14H,6-8H2,1H3. The lowest BCUT2D eigenvalue weighted by atomic mass is 9.96. The zero-order valence-corrected chi connectivity index (χ0v) is 10.3. The van der Waals surface area contributed by atoms with Crippen LogP contribution in [-0.4, -0.2) is 21.5 Å². The van der Waals surface area contributed by atoms with E-state index in [1.165, 1.54) is 23.3 Å². The van der Waals surface area contributed by atoms with Crippen LogP contribution in [0.2, 0.25) is 0 Å². The van der Waals surface area contributed by atoms with Gasteiger partial charge >= 0.3 is 10.2 Å². The summed E-state index contributed by atoms with van der Waals surface area (Å²) in [6.07, 6.45) is 0.985. The van der Waals surface area contributed by atoms with Gasteiger partial charge in [0.15, 0.2) is 0 Å². The Morgan fingerprint density at radius 1 is 1.24 bits per heavy atom. The van der Waals surface area contributed by atoms with Crippen molar-refractivity contribution < 1.29 is 12.3 Å². The van der Waals surface area contributed by atoms with Crippen LogP contribution in [0.25, 0.3) is 5.57 Å². The van der Waals surface area contributed by atoms with Crippen LogP contribution in [0.1, 0.15) is 18.9 Å². The van der Waals surface area contributed by atoms with Gasteiger partial charge < -0.3 is 5.32 Å². The van der Waals surface area contributed by atoms with Gasteiger partial charge in [-0.05, 0) is 43.2 Å². The van der Waals surface area contributed by atoms with Crippen LogP contribution in [0.15, 0.2) is 34.7 Å². The molecule has 5 heteroatoms. The van der Waals surface area contributed by atoms with Crippen molar-refractivity contribution in [3.05, 3.63) is 35.4 Å². The van der Waals surface area contributed by atoms with Crippen molar-refractivity contribution in [2.75, 3.05) is 13.1 Å². The van der Waals surface area contributed by atoms with E-state index in [-0.39, 0.29) is 4.90 Å². The first-order valence-electron chi connectivity index (χ1n) is 5.43. The van der Waals surface area contributed by atoms with Gasteiger partial charge in [-0.1, -0.05) is 17.7 Å². The predicted molar refractivity (Wildman–Crippen MR) is 64.8 cm³/mol. The lowest BCUT2D eigenvalue weighted by molar-refractivity contribution is 0.552. The first-order chi connectivity index (χ1) is 7.98. The Balaban J connectivity index is 2.36. The zero-order chi connectivity index (χ0) is 12.5. The number of halogens is 1. The third-order valence-corrected chi connectivity index (χ3v) is 3.81. The summed E-state index contributed by atoms with van der Waals surface area (Å²) in [5, 5.41) is 3.26.